The Kier molecular flexibility index (Phi) is 3.67. The summed E-state index contributed by atoms with van der Waals surface area (Å²) in [5.74, 6) is 0.594. The lowest BCUT2D eigenvalue weighted by Crippen LogP contribution is -2.23. The topological polar surface area (TPSA) is 61.9 Å². The Morgan fingerprint density at radius 3 is 2.70 bits per heavy atom. The fourth-order valence-corrected chi connectivity index (χ4v) is 2.35. The molecular weight excluding hydrogens is 292 g/mol. The summed E-state index contributed by atoms with van der Waals surface area (Å²) in [5.41, 5.74) is 1.73. The van der Waals surface area contributed by atoms with Gasteiger partial charge in [-0.05, 0) is 39.0 Å². The van der Waals surface area contributed by atoms with E-state index in [1.165, 1.54) is 0 Å². The van der Waals surface area contributed by atoms with Crippen molar-refractivity contribution in [2.24, 2.45) is 7.05 Å². The molecule has 0 spiro atoms. The molecule has 0 aliphatic carbocycles. The van der Waals surface area contributed by atoms with Crippen LogP contribution in [0.2, 0.25) is 0 Å². The molecule has 23 heavy (non-hydrogen) atoms. The molecule has 0 aliphatic heterocycles. The first kappa shape index (κ1) is 15.3. The summed E-state index contributed by atoms with van der Waals surface area (Å²) in [6.07, 6.45) is 5.43. The van der Waals surface area contributed by atoms with Crippen LogP contribution >= 0.6 is 0 Å². The molecule has 0 aliphatic rings. The van der Waals surface area contributed by atoms with Gasteiger partial charge in [-0.3, -0.25) is 0 Å². The van der Waals surface area contributed by atoms with Crippen molar-refractivity contribution in [1.82, 2.24) is 19.1 Å². The highest BCUT2D eigenvalue weighted by Crippen LogP contribution is 2.19. The first-order valence-electron chi connectivity index (χ1n) is 7.48. The van der Waals surface area contributed by atoms with E-state index in [0.717, 1.165) is 16.9 Å². The fourth-order valence-electron chi connectivity index (χ4n) is 2.35. The summed E-state index contributed by atoms with van der Waals surface area (Å²) in [7, 11) is 1.95. The van der Waals surface area contributed by atoms with Gasteiger partial charge < -0.3 is 13.9 Å². The molecule has 0 fully saturated rings. The second-order valence-electron chi connectivity index (χ2n) is 6.53. The van der Waals surface area contributed by atoms with Gasteiger partial charge in [0.15, 0.2) is 0 Å². The van der Waals surface area contributed by atoms with E-state index in [4.69, 9.17) is 4.74 Å². The minimum absolute atomic E-state index is 0.329. The van der Waals surface area contributed by atoms with Gasteiger partial charge in [0, 0.05) is 19.4 Å². The Morgan fingerprint density at radius 1 is 1.26 bits per heavy atom. The third-order valence-corrected chi connectivity index (χ3v) is 3.49. The summed E-state index contributed by atoms with van der Waals surface area (Å²) in [4.78, 5) is 20.9. The van der Waals surface area contributed by atoms with Crippen molar-refractivity contribution in [2.75, 3.05) is 0 Å². The van der Waals surface area contributed by atoms with Crippen LogP contribution in [0.5, 0.6) is 0 Å². The summed E-state index contributed by atoms with van der Waals surface area (Å²) >= 11 is 0. The summed E-state index contributed by atoms with van der Waals surface area (Å²) < 4.78 is 9.37. The monoisotopic (exact) mass is 312 g/mol. The maximum Gasteiger partial charge on any atom is 0.338 e. The maximum absolute atomic E-state index is 12.2. The number of carbonyl (C=O) groups is 1. The molecule has 0 amide bonds. The van der Waals surface area contributed by atoms with Crippen molar-refractivity contribution in [1.29, 1.82) is 0 Å². The first-order chi connectivity index (χ1) is 10.8. The van der Waals surface area contributed by atoms with Gasteiger partial charge in [0.05, 0.1) is 29.5 Å². The number of hydrogen-bond donors (Lipinski definition) is 0. The lowest BCUT2D eigenvalue weighted by molar-refractivity contribution is 0.00697. The molecule has 6 nitrogen and oxygen atoms in total. The van der Waals surface area contributed by atoms with Crippen LogP contribution in [0.3, 0.4) is 0 Å². The summed E-state index contributed by atoms with van der Waals surface area (Å²) in [6.45, 7) is 6.16. The Hall–Kier alpha value is -2.63. The predicted molar refractivity (Wildman–Crippen MR) is 87.2 cm³/mol. The maximum atomic E-state index is 12.2. The largest absolute Gasteiger partial charge is 0.456 e. The van der Waals surface area contributed by atoms with Gasteiger partial charge in [-0.25, -0.2) is 14.8 Å². The third-order valence-electron chi connectivity index (χ3n) is 3.49. The molecule has 0 unspecified atom stereocenters. The summed E-state index contributed by atoms with van der Waals surface area (Å²) in [5, 5.41) is 0. The van der Waals surface area contributed by atoms with E-state index in [0.29, 0.717) is 12.1 Å². The Labute approximate surface area is 134 Å². The number of aromatic nitrogens is 4. The van der Waals surface area contributed by atoms with Crippen molar-refractivity contribution in [3.63, 3.8) is 0 Å². The van der Waals surface area contributed by atoms with Crippen molar-refractivity contribution >= 4 is 17.0 Å². The van der Waals surface area contributed by atoms with Crippen LogP contribution in [-0.2, 0) is 18.3 Å². The number of carbonyl (C=O) groups excluding carboxylic acids is 1. The second-order valence-corrected chi connectivity index (χ2v) is 6.53. The van der Waals surface area contributed by atoms with E-state index in [-0.39, 0.29) is 5.97 Å². The lowest BCUT2D eigenvalue weighted by Gasteiger charge is -2.19. The third kappa shape index (κ3) is 3.26. The number of ether oxygens (including phenoxy) is 1. The van der Waals surface area contributed by atoms with Crippen molar-refractivity contribution in [3.8, 4) is 0 Å². The molecule has 0 saturated carbocycles. The number of fused-ring (bicyclic) bond motifs is 1. The fraction of sp³-hybridized carbons (Fsp3) is 0.353. The number of esters is 1. The molecule has 6 heteroatoms. The number of rotatable bonds is 3. The highest BCUT2D eigenvalue weighted by Gasteiger charge is 2.18. The predicted octanol–water partition coefficient (Wildman–Crippen LogP) is 2.77. The average molecular weight is 312 g/mol. The van der Waals surface area contributed by atoms with Crippen LogP contribution in [0.15, 0.2) is 36.9 Å². The molecule has 0 N–H and O–H groups in total. The van der Waals surface area contributed by atoms with Gasteiger partial charge >= 0.3 is 5.97 Å². The minimum atomic E-state index is -0.515. The van der Waals surface area contributed by atoms with Crippen molar-refractivity contribution in [2.45, 2.75) is 32.9 Å². The highest BCUT2D eigenvalue weighted by molar-refractivity contribution is 5.93. The normalized spacial score (nSPS) is 11.8. The van der Waals surface area contributed by atoms with Gasteiger partial charge in [0.1, 0.15) is 11.4 Å². The van der Waals surface area contributed by atoms with Crippen LogP contribution in [0.4, 0.5) is 0 Å². The SMILES string of the molecule is Cn1ccnc1Cn1cnc2ccc(C(=O)OC(C)(C)C)cc21. The number of nitrogens with zero attached hydrogens (tertiary/aromatic N) is 4. The molecule has 0 atom stereocenters. The van der Waals surface area contributed by atoms with E-state index >= 15 is 0 Å². The lowest BCUT2D eigenvalue weighted by atomic mass is 10.1. The van der Waals surface area contributed by atoms with Crippen molar-refractivity contribution < 1.29 is 9.53 Å². The quantitative estimate of drug-likeness (QED) is 0.698. The zero-order valence-corrected chi connectivity index (χ0v) is 13.8. The molecule has 0 radical (unpaired) electrons. The average Bonchev–Trinajstić information content (AvgIpc) is 3.04. The first-order valence-corrected chi connectivity index (χ1v) is 7.48. The van der Waals surface area contributed by atoms with Gasteiger partial charge in [0.2, 0.25) is 0 Å². The molecule has 0 bridgehead atoms. The Balaban J connectivity index is 1.94. The van der Waals surface area contributed by atoms with E-state index in [1.807, 2.05) is 55.3 Å². The molecule has 2 aromatic heterocycles. The second kappa shape index (κ2) is 5.53. The van der Waals surface area contributed by atoms with E-state index in [1.54, 1.807) is 18.6 Å². The zero-order chi connectivity index (χ0) is 16.6. The molecule has 1 aromatic carbocycles. The summed E-state index contributed by atoms with van der Waals surface area (Å²) in [6, 6.07) is 5.40. The van der Waals surface area contributed by atoms with Gasteiger partial charge in [0.25, 0.3) is 0 Å². The van der Waals surface area contributed by atoms with Gasteiger partial charge in [-0.1, -0.05) is 0 Å². The van der Waals surface area contributed by atoms with Crippen LogP contribution in [-0.4, -0.2) is 30.7 Å². The van der Waals surface area contributed by atoms with E-state index in [2.05, 4.69) is 9.97 Å². The number of benzene rings is 1. The number of imidazole rings is 2. The molecule has 0 saturated heterocycles. The highest BCUT2D eigenvalue weighted by atomic mass is 16.6. The standard InChI is InChI=1S/C17H20N4O2/c1-17(2,3)23-16(22)12-5-6-13-14(9-12)21(11-19-13)10-15-18-7-8-20(15)4/h5-9,11H,10H2,1-4H3. The molecule has 3 aromatic rings. The molecular formula is C17H20N4O2. The van der Waals surface area contributed by atoms with E-state index in [9.17, 15) is 4.79 Å². The van der Waals surface area contributed by atoms with Gasteiger partial charge in [-0.15, -0.1) is 0 Å². The minimum Gasteiger partial charge on any atom is -0.456 e. The van der Waals surface area contributed by atoms with E-state index < -0.39 is 5.60 Å². The molecule has 120 valence electrons. The Morgan fingerprint density at radius 2 is 2.04 bits per heavy atom. The van der Waals surface area contributed by atoms with Crippen molar-refractivity contribution in [3.05, 3.63) is 48.3 Å². The smallest absolute Gasteiger partial charge is 0.338 e. The van der Waals surface area contributed by atoms with Gasteiger partial charge in [-0.2, -0.15) is 0 Å². The van der Waals surface area contributed by atoms with Crippen LogP contribution < -0.4 is 0 Å². The number of aryl methyl sites for hydroxylation is 1. The van der Waals surface area contributed by atoms with Crippen LogP contribution in [0.25, 0.3) is 11.0 Å². The Bertz CT molecular complexity index is 855. The molecule has 3 rings (SSSR count). The van der Waals surface area contributed by atoms with Crippen LogP contribution in [0.1, 0.15) is 37.0 Å². The number of hydrogen-bond acceptors (Lipinski definition) is 4. The molecule has 2 heterocycles. The van der Waals surface area contributed by atoms with Crippen LogP contribution in [0, 0.1) is 0 Å². The zero-order valence-electron chi connectivity index (χ0n) is 13.8.